The van der Waals surface area contributed by atoms with Crippen LogP contribution < -0.4 is 10.6 Å². The second kappa shape index (κ2) is 11.0. The average molecular weight is 384 g/mol. The van der Waals surface area contributed by atoms with Crippen molar-refractivity contribution in [3.63, 3.8) is 0 Å². The highest BCUT2D eigenvalue weighted by atomic mass is 32.2. The number of benzene rings is 2. The molecule has 4 nitrogen and oxygen atoms in total. The Balaban J connectivity index is 1.49. The van der Waals surface area contributed by atoms with Gasteiger partial charge in [0, 0.05) is 42.8 Å². The molecule has 0 amide bonds. The van der Waals surface area contributed by atoms with E-state index in [0.717, 1.165) is 44.4 Å². The van der Waals surface area contributed by atoms with Crippen molar-refractivity contribution in [1.29, 1.82) is 0 Å². The van der Waals surface area contributed by atoms with Gasteiger partial charge < -0.3 is 15.4 Å². The first-order valence-electron chi connectivity index (χ1n) is 9.73. The van der Waals surface area contributed by atoms with Crippen molar-refractivity contribution >= 4 is 17.7 Å². The smallest absolute Gasteiger partial charge is 0.191 e. The molecule has 2 aromatic rings. The van der Waals surface area contributed by atoms with Gasteiger partial charge in [-0.3, -0.25) is 4.99 Å². The lowest BCUT2D eigenvalue weighted by molar-refractivity contribution is 0.0925. The second-order valence-electron chi connectivity index (χ2n) is 6.56. The highest BCUT2D eigenvalue weighted by Gasteiger charge is 2.29. The Kier molecular flexibility index (Phi) is 8.05. The Hall–Kier alpha value is -1.98. The zero-order valence-electron chi connectivity index (χ0n) is 15.9. The average Bonchev–Trinajstić information content (AvgIpc) is 3.19. The third kappa shape index (κ3) is 6.29. The first-order chi connectivity index (χ1) is 13.4. The molecule has 27 heavy (non-hydrogen) atoms. The number of hydrogen-bond donors (Lipinski definition) is 2. The Labute approximate surface area is 166 Å². The summed E-state index contributed by atoms with van der Waals surface area (Å²) >= 11 is 1.86. The predicted octanol–water partition coefficient (Wildman–Crippen LogP) is 4.11. The normalized spacial score (nSPS) is 19.8. The van der Waals surface area contributed by atoms with Crippen LogP contribution in [0.15, 0.2) is 70.6 Å². The SMILES string of the molecule is CCNC(=NCC1CCOC1c1ccccc1)NCCSc1ccccc1. The molecule has 1 saturated heterocycles. The zero-order valence-corrected chi connectivity index (χ0v) is 16.8. The molecule has 0 bridgehead atoms. The minimum Gasteiger partial charge on any atom is -0.373 e. The lowest BCUT2D eigenvalue weighted by Crippen LogP contribution is -2.38. The van der Waals surface area contributed by atoms with Crippen molar-refractivity contribution in [2.75, 3.05) is 32.0 Å². The first kappa shape index (κ1) is 19.8. The molecule has 1 fully saturated rings. The van der Waals surface area contributed by atoms with Gasteiger partial charge in [0.1, 0.15) is 0 Å². The number of nitrogens with zero attached hydrogens (tertiary/aromatic N) is 1. The van der Waals surface area contributed by atoms with Crippen LogP contribution >= 0.6 is 11.8 Å². The molecule has 1 heterocycles. The van der Waals surface area contributed by atoms with Gasteiger partial charge in [-0.05, 0) is 31.0 Å². The van der Waals surface area contributed by atoms with Crippen LogP contribution in [0.2, 0.25) is 0 Å². The summed E-state index contributed by atoms with van der Waals surface area (Å²) in [5.74, 6) is 2.33. The summed E-state index contributed by atoms with van der Waals surface area (Å²) in [5.41, 5.74) is 1.26. The molecule has 0 spiro atoms. The van der Waals surface area contributed by atoms with Crippen molar-refractivity contribution < 1.29 is 4.74 Å². The molecular weight excluding hydrogens is 354 g/mol. The third-order valence-corrected chi connectivity index (χ3v) is 5.59. The second-order valence-corrected chi connectivity index (χ2v) is 7.73. The number of hydrogen-bond acceptors (Lipinski definition) is 3. The standard InChI is InChI=1S/C22H29N3OS/c1-2-23-22(24-14-16-27-20-11-7-4-8-12-20)25-17-19-13-15-26-21(19)18-9-5-3-6-10-18/h3-12,19,21H,2,13-17H2,1H3,(H2,23,24,25). The van der Waals surface area contributed by atoms with Crippen LogP contribution in [0.25, 0.3) is 0 Å². The molecule has 2 unspecified atom stereocenters. The fraction of sp³-hybridized carbons (Fsp3) is 0.409. The van der Waals surface area contributed by atoms with E-state index in [-0.39, 0.29) is 6.10 Å². The Morgan fingerprint density at radius 3 is 2.56 bits per heavy atom. The molecule has 3 rings (SSSR count). The van der Waals surface area contributed by atoms with Crippen LogP contribution in [0.4, 0.5) is 0 Å². The molecule has 2 aromatic carbocycles. The molecule has 0 radical (unpaired) electrons. The molecule has 0 aliphatic carbocycles. The number of ether oxygens (including phenoxy) is 1. The number of nitrogens with one attached hydrogen (secondary N) is 2. The van der Waals surface area contributed by atoms with Gasteiger partial charge in [0.25, 0.3) is 0 Å². The van der Waals surface area contributed by atoms with Gasteiger partial charge >= 0.3 is 0 Å². The lowest BCUT2D eigenvalue weighted by atomic mass is 9.95. The molecule has 2 N–H and O–H groups in total. The summed E-state index contributed by atoms with van der Waals surface area (Å²) in [7, 11) is 0. The molecular formula is C22H29N3OS. The van der Waals surface area contributed by atoms with Crippen LogP contribution in [-0.4, -0.2) is 38.0 Å². The highest BCUT2D eigenvalue weighted by Crippen LogP contribution is 2.34. The van der Waals surface area contributed by atoms with E-state index in [0.29, 0.717) is 5.92 Å². The van der Waals surface area contributed by atoms with E-state index in [1.165, 1.54) is 10.5 Å². The first-order valence-corrected chi connectivity index (χ1v) is 10.7. The predicted molar refractivity (Wildman–Crippen MR) is 114 cm³/mol. The fourth-order valence-corrected chi connectivity index (χ4v) is 4.03. The summed E-state index contributed by atoms with van der Waals surface area (Å²) in [6.45, 7) is 5.44. The van der Waals surface area contributed by atoms with Crippen LogP contribution in [0.1, 0.15) is 25.0 Å². The minimum absolute atomic E-state index is 0.159. The van der Waals surface area contributed by atoms with Crippen molar-refractivity contribution in [2.45, 2.75) is 24.3 Å². The van der Waals surface area contributed by atoms with E-state index in [9.17, 15) is 0 Å². The quantitative estimate of drug-likeness (QED) is 0.312. The third-order valence-electron chi connectivity index (χ3n) is 4.58. The van der Waals surface area contributed by atoms with Crippen LogP contribution in [0.3, 0.4) is 0 Å². The van der Waals surface area contributed by atoms with Crippen LogP contribution in [0.5, 0.6) is 0 Å². The maximum atomic E-state index is 5.98. The summed E-state index contributed by atoms with van der Waals surface area (Å²) in [4.78, 5) is 6.12. The molecule has 5 heteroatoms. The van der Waals surface area contributed by atoms with Gasteiger partial charge in [0.15, 0.2) is 5.96 Å². The summed E-state index contributed by atoms with van der Waals surface area (Å²) in [5, 5.41) is 6.80. The van der Waals surface area contributed by atoms with E-state index in [1.807, 2.05) is 23.9 Å². The van der Waals surface area contributed by atoms with E-state index in [4.69, 9.17) is 9.73 Å². The van der Waals surface area contributed by atoms with Gasteiger partial charge in [-0.15, -0.1) is 11.8 Å². The lowest BCUT2D eigenvalue weighted by Gasteiger charge is -2.18. The van der Waals surface area contributed by atoms with Crippen molar-refractivity contribution in [3.8, 4) is 0 Å². The monoisotopic (exact) mass is 383 g/mol. The molecule has 1 aliphatic heterocycles. The van der Waals surface area contributed by atoms with Gasteiger partial charge in [-0.25, -0.2) is 0 Å². The van der Waals surface area contributed by atoms with Gasteiger partial charge in [0.05, 0.1) is 6.10 Å². The topological polar surface area (TPSA) is 45.7 Å². The summed E-state index contributed by atoms with van der Waals surface area (Å²) < 4.78 is 5.98. The molecule has 0 aromatic heterocycles. The van der Waals surface area contributed by atoms with Crippen molar-refractivity contribution in [1.82, 2.24) is 10.6 Å². The maximum absolute atomic E-state index is 5.98. The van der Waals surface area contributed by atoms with Gasteiger partial charge in [-0.1, -0.05) is 48.5 Å². The molecule has 0 saturated carbocycles. The highest BCUT2D eigenvalue weighted by molar-refractivity contribution is 7.99. The molecule has 1 aliphatic rings. The van der Waals surface area contributed by atoms with Gasteiger partial charge in [-0.2, -0.15) is 0 Å². The molecule has 2 atom stereocenters. The summed E-state index contributed by atoms with van der Waals surface area (Å²) in [6.07, 6.45) is 1.22. The number of aliphatic imine (C=N–C) groups is 1. The Morgan fingerprint density at radius 1 is 1.07 bits per heavy atom. The minimum atomic E-state index is 0.159. The molecule has 144 valence electrons. The summed E-state index contributed by atoms with van der Waals surface area (Å²) in [6, 6.07) is 21.0. The fourth-order valence-electron chi connectivity index (χ4n) is 3.24. The Morgan fingerprint density at radius 2 is 1.81 bits per heavy atom. The largest absolute Gasteiger partial charge is 0.373 e. The van der Waals surface area contributed by atoms with E-state index in [2.05, 4.69) is 66.1 Å². The van der Waals surface area contributed by atoms with E-state index < -0.39 is 0 Å². The number of rotatable bonds is 8. The van der Waals surface area contributed by atoms with Gasteiger partial charge in [0.2, 0.25) is 0 Å². The van der Waals surface area contributed by atoms with Crippen LogP contribution in [0, 0.1) is 5.92 Å². The van der Waals surface area contributed by atoms with Crippen molar-refractivity contribution in [3.05, 3.63) is 66.2 Å². The Bertz CT molecular complexity index is 693. The van der Waals surface area contributed by atoms with E-state index >= 15 is 0 Å². The number of guanidine groups is 1. The number of thioether (sulfide) groups is 1. The zero-order chi connectivity index (χ0) is 18.7. The van der Waals surface area contributed by atoms with Crippen LogP contribution in [-0.2, 0) is 4.74 Å². The van der Waals surface area contributed by atoms with Crippen molar-refractivity contribution in [2.24, 2.45) is 10.9 Å². The van der Waals surface area contributed by atoms with E-state index in [1.54, 1.807) is 0 Å². The maximum Gasteiger partial charge on any atom is 0.191 e.